The van der Waals surface area contributed by atoms with E-state index in [-0.39, 0.29) is 5.91 Å². The van der Waals surface area contributed by atoms with Crippen LogP contribution in [0.4, 0.5) is 0 Å². The second-order valence-corrected chi connectivity index (χ2v) is 4.55. The van der Waals surface area contributed by atoms with Crippen molar-refractivity contribution in [2.75, 3.05) is 14.2 Å². The number of nitrogens with one attached hydrogen (secondary N) is 1. The van der Waals surface area contributed by atoms with Crippen molar-refractivity contribution in [3.05, 3.63) is 23.8 Å². The van der Waals surface area contributed by atoms with Crippen LogP contribution in [0.3, 0.4) is 0 Å². The highest BCUT2D eigenvalue weighted by atomic mass is 16.5. The molecule has 1 aliphatic carbocycles. The highest BCUT2D eigenvalue weighted by Crippen LogP contribution is 2.45. The first-order valence-corrected chi connectivity index (χ1v) is 6.05. The third-order valence-corrected chi connectivity index (χ3v) is 3.33. The molecule has 1 N–H and O–H groups in total. The number of benzene rings is 1. The van der Waals surface area contributed by atoms with E-state index in [0.717, 1.165) is 5.56 Å². The fourth-order valence-corrected chi connectivity index (χ4v) is 1.88. The van der Waals surface area contributed by atoms with Gasteiger partial charge in [-0.25, -0.2) is 0 Å². The van der Waals surface area contributed by atoms with E-state index >= 15 is 0 Å². The summed E-state index contributed by atoms with van der Waals surface area (Å²) in [5, 5.41) is 11.7. The number of rotatable bonds is 5. The van der Waals surface area contributed by atoms with E-state index in [9.17, 15) is 4.79 Å². The van der Waals surface area contributed by atoms with Gasteiger partial charge in [0.1, 0.15) is 16.9 Å². The summed E-state index contributed by atoms with van der Waals surface area (Å²) >= 11 is 0. The number of hydrogen-bond donors (Lipinski definition) is 1. The molecule has 5 heteroatoms. The van der Waals surface area contributed by atoms with Gasteiger partial charge in [0.25, 0.3) is 0 Å². The van der Waals surface area contributed by atoms with Crippen molar-refractivity contribution in [3.63, 3.8) is 0 Å². The Hall–Kier alpha value is -2.22. The van der Waals surface area contributed by atoms with Gasteiger partial charge in [-0.2, -0.15) is 5.26 Å². The summed E-state index contributed by atoms with van der Waals surface area (Å²) < 4.78 is 10.4. The maximum atomic E-state index is 11.9. The molecule has 0 bridgehead atoms. The largest absolute Gasteiger partial charge is 0.497 e. The number of carbonyl (C=O) groups excluding carboxylic acids is 1. The van der Waals surface area contributed by atoms with E-state index < -0.39 is 5.41 Å². The fraction of sp³-hybridized carbons (Fsp3) is 0.429. The average molecular weight is 260 g/mol. The average Bonchev–Trinajstić information content (AvgIpc) is 3.25. The van der Waals surface area contributed by atoms with Crippen LogP contribution in [0.1, 0.15) is 18.4 Å². The van der Waals surface area contributed by atoms with Crippen molar-refractivity contribution in [3.8, 4) is 17.6 Å². The van der Waals surface area contributed by atoms with Gasteiger partial charge in [0.2, 0.25) is 5.91 Å². The maximum Gasteiger partial charge on any atom is 0.240 e. The lowest BCUT2D eigenvalue weighted by Crippen LogP contribution is -2.30. The Balaban J connectivity index is 2.06. The molecular formula is C14H16N2O3. The molecule has 1 fully saturated rings. The Morgan fingerprint density at radius 3 is 2.68 bits per heavy atom. The molecule has 19 heavy (non-hydrogen) atoms. The predicted octanol–water partition coefficient (Wildman–Crippen LogP) is 1.62. The van der Waals surface area contributed by atoms with Gasteiger partial charge in [0.15, 0.2) is 0 Å². The topological polar surface area (TPSA) is 71.3 Å². The first-order valence-electron chi connectivity index (χ1n) is 6.05. The molecule has 1 aromatic rings. The van der Waals surface area contributed by atoms with Crippen molar-refractivity contribution >= 4 is 5.91 Å². The summed E-state index contributed by atoms with van der Waals surface area (Å²) in [4.78, 5) is 11.9. The summed E-state index contributed by atoms with van der Waals surface area (Å²) in [6.45, 7) is 0.322. The summed E-state index contributed by atoms with van der Waals surface area (Å²) in [6, 6.07) is 7.46. The molecule has 1 aliphatic rings. The van der Waals surface area contributed by atoms with Crippen molar-refractivity contribution in [2.45, 2.75) is 19.4 Å². The number of ether oxygens (including phenoxy) is 2. The van der Waals surface area contributed by atoms with Crippen LogP contribution in [-0.4, -0.2) is 20.1 Å². The first kappa shape index (κ1) is 13.2. The van der Waals surface area contributed by atoms with E-state index in [1.54, 1.807) is 26.4 Å². The Bertz CT molecular complexity index is 530. The van der Waals surface area contributed by atoms with Gasteiger partial charge < -0.3 is 14.8 Å². The second-order valence-electron chi connectivity index (χ2n) is 4.55. The highest BCUT2D eigenvalue weighted by Gasteiger charge is 2.50. The molecule has 5 nitrogen and oxygen atoms in total. The Morgan fingerprint density at radius 1 is 1.42 bits per heavy atom. The lowest BCUT2D eigenvalue weighted by Gasteiger charge is -2.12. The van der Waals surface area contributed by atoms with Crippen LogP contribution in [0.15, 0.2) is 18.2 Å². The standard InChI is InChI=1S/C14H16N2O3/c1-18-11-3-4-12(19-2)10(7-11)8-16-13(17)14(9-15)5-6-14/h3-4,7H,5-6,8H2,1-2H3,(H,16,17). The molecule has 100 valence electrons. The molecule has 1 aromatic carbocycles. The Labute approximate surface area is 112 Å². The van der Waals surface area contributed by atoms with E-state index in [2.05, 4.69) is 11.4 Å². The van der Waals surface area contributed by atoms with Gasteiger partial charge in [0.05, 0.1) is 20.3 Å². The Morgan fingerprint density at radius 2 is 2.16 bits per heavy atom. The molecule has 0 atom stereocenters. The third kappa shape index (κ3) is 2.63. The number of nitrogens with zero attached hydrogens (tertiary/aromatic N) is 1. The summed E-state index contributed by atoms with van der Waals surface area (Å²) in [5.41, 5.74) is 0.0236. The quantitative estimate of drug-likeness (QED) is 0.873. The molecule has 0 radical (unpaired) electrons. The molecular weight excluding hydrogens is 244 g/mol. The van der Waals surface area contributed by atoms with E-state index in [1.165, 1.54) is 0 Å². The summed E-state index contributed by atoms with van der Waals surface area (Å²) in [5.74, 6) is 1.18. The minimum atomic E-state index is -0.800. The fourth-order valence-electron chi connectivity index (χ4n) is 1.88. The highest BCUT2D eigenvalue weighted by molar-refractivity contribution is 5.88. The van der Waals surface area contributed by atoms with Crippen molar-refractivity contribution in [2.24, 2.45) is 5.41 Å². The SMILES string of the molecule is COc1ccc(OC)c(CNC(=O)C2(C#N)CC2)c1. The maximum absolute atomic E-state index is 11.9. The minimum absolute atomic E-state index is 0.208. The molecule has 0 aromatic heterocycles. The number of amides is 1. The van der Waals surface area contributed by atoms with Crippen LogP contribution < -0.4 is 14.8 Å². The zero-order valence-electron chi connectivity index (χ0n) is 11.0. The Kier molecular flexibility index (Phi) is 3.61. The smallest absolute Gasteiger partial charge is 0.240 e. The van der Waals surface area contributed by atoms with Crippen LogP contribution in [-0.2, 0) is 11.3 Å². The van der Waals surface area contributed by atoms with E-state index in [4.69, 9.17) is 14.7 Å². The lowest BCUT2D eigenvalue weighted by molar-refractivity contribution is -0.124. The van der Waals surface area contributed by atoms with Gasteiger partial charge in [0, 0.05) is 12.1 Å². The van der Waals surface area contributed by atoms with Gasteiger partial charge in [-0.15, -0.1) is 0 Å². The zero-order valence-corrected chi connectivity index (χ0v) is 11.0. The zero-order chi connectivity index (χ0) is 13.9. The van der Waals surface area contributed by atoms with Gasteiger partial charge >= 0.3 is 0 Å². The molecule has 0 spiro atoms. The molecule has 0 saturated heterocycles. The van der Waals surface area contributed by atoms with Crippen molar-refractivity contribution < 1.29 is 14.3 Å². The van der Waals surface area contributed by atoms with Crippen LogP contribution in [0.25, 0.3) is 0 Å². The van der Waals surface area contributed by atoms with Crippen molar-refractivity contribution in [1.82, 2.24) is 5.32 Å². The number of hydrogen-bond acceptors (Lipinski definition) is 4. The third-order valence-electron chi connectivity index (χ3n) is 3.33. The van der Waals surface area contributed by atoms with E-state index in [0.29, 0.717) is 30.9 Å². The summed E-state index contributed by atoms with van der Waals surface area (Å²) in [7, 11) is 3.16. The number of methoxy groups -OCH3 is 2. The van der Waals surface area contributed by atoms with Crippen LogP contribution in [0.2, 0.25) is 0 Å². The molecule has 0 heterocycles. The van der Waals surface area contributed by atoms with Gasteiger partial charge in [-0.05, 0) is 31.0 Å². The predicted molar refractivity (Wildman–Crippen MR) is 68.7 cm³/mol. The normalized spacial score (nSPS) is 15.2. The van der Waals surface area contributed by atoms with E-state index in [1.807, 2.05) is 6.07 Å². The monoisotopic (exact) mass is 260 g/mol. The van der Waals surface area contributed by atoms with Crippen LogP contribution >= 0.6 is 0 Å². The van der Waals surface area contributed by atoms with Gasteiger partial charge in [-0.3, -0.25) is 4.79 Å². The number of nitriles is 1. The first-order chi connectivity index (χ1) is 9.15. The lowest BCUT2D eigenvalue weighted by atomic mass is 10.1. The van der Waals surface area contributed by atoms with Gasteiger partial charge in [-0.1, -0.05) is 0 Å². The molecule has 0 unspecified atom stereocenters. The molecule has 1 amide bonds. The molecule has 0 aliphatic heterocycles. The van der Waals surface area contributed by atoms with Crippen LogP contribution in [0.5, 0.6) is 11.5 Å². The summed E-state index contributed by atoms with van der Waals surface area (Å²) in [6.07, 6.45) is 1.29. The van der Waals surface area contributed by atoms with Crippen LogP contribution in [0, 0.1) is 16.7 Å². The second kappa shape index (κ2) is 5.19. The minimum Gasteiger partial charge on any atom is -0.497 e. The van der Waals surface area contributed by atoms with Crippen molar-refractivity contribution in [1.29, 1.82) is 5.26 Å². The molecule has 1 saturated carbocycles. The molecule has 2 rings (SSSR count). The number of carbonyl (C=O) groups is 1.